The van der Waals surface area contributed by atoms with E-state index in [2.05, 4.69) is 10.1 Å². The van der Waals surface area contributed by atoms with Gasteiger partial charge in [-0.1, -0.05) is 25.2 Å². The molecule has 3 heterocycles. The van der Waals surface area contributed by atoms with Crippen molar-refractivity contribution in [3.05, 3.63) is 16.4 Å². The monoisotopic (exact) mass is 391 g/mol. The van der Waals surface area contributed by atoms with Crippen LogP contribution in [-0.4, -0.2) is 57.2 Å². The molecule has 7 nitrogen and oxygen atoms in total. The van der Waals surface area contributed by atoms with Crippen LogP contribution >= 0.6 is 11.3 Å². The molecule has 1 aliphatic rings. The summed E-state index contributed by atoms with van der Waals surface area (Å²) >= 11 is 1.04. The molecule has 0 saturated carbocycles. The number of alkyl halides is 3. The average Bonchev–Trinajstić information content (AvgIpc) is 3.11. The van der Waals surface area contributed by atoms with Crippen molar-refractivity contribution in [1.82, 2.24) is 24.4 Å². The van der Waals surface area contributed by atoms with E-state index in [1.807, 2.05) is 18.7 Å². The van der Waals surface area contributed by atoms with E-state index in [9.17, 15) is 18.0 Å². The van der Waals surface area contributed by atoms with Crippen LogP contribution in [0.15, 0.2) is 0 Å². The van der Waals surface area contributed by atoms with E-state index in [0.29, 0.717) is 24.1 Å². The molecule has 0 bridgehead atoms. The minimum absolute atomic E-state index is 0.120. The normalized spacial score (nSPS) is 16.6. The molecular formula is C15H20F3N5O2S. The second-order valence-corrected chi connectivity index (χ2v) is 7.71. The summed E-state index contributed by atoms with van der Waals surface area (Å²) in [6.07, 6.45) is -4.62. The summed E-state index contributed by atoms with van der Waals surface area (Å²) in [6.45, 7) is 5.24. The molecule has 26 heavy (non-hydrogen) atoms. The Morgan fingerprint density at radius 2 is 2.08 bits per heavy atom. The number of hydrogen-bond donors (Lipinski definition) is 0. The predicted molar refractivity (Wildman–Crippen MR) is 88.4 cm³/mol. The summed E-state index contributed by atoms with van der Waals surface area (Å²) in [5.74, 6) is 0.179. The fraction of sp³-hybridized carbons (Fsp3) is 0.667. The number of carbonyl (C=O) groups is 1. The lowest BCUT2D eigenvalue weighted by molar-refractivity contribution is -0.143. The summed E-state index contributed by atoms with van der Waals surface area (Å²) in [5, 5.41) is 4.36. The van der Waals surface area contributed by atoms with Crippen molar-refractivity contribution in [3.8, 4) is 0 Å². The molecule has 0 N–H and O–H groups in total. The summed E-state index contributed by atoms with van der Waals surface area (Å²) in [5.41, 5.74) is -1.11. The first-order valence-corrected chi connectivity index (χ1v) is 8.94. The van der Waals surface area contributed by atoms with E-state index in [4.69, 9.17) is 4.74 Å². The van der Waals surface area contributed by atoms with E-state index in [1.165, 1.54) is 12.0 Å². The maximum absolute atomic E-state index is 13.6. The number of carbonyl (C=O) groups excluding carboxylic acids is 1. The quantitative estimate of drug-likeness (QED) is 0.756. The lowest BCUT2D eigenvalue weighted by Crippen LogP contribution is -2.29. The Hall–Kier alpha value is -1.72. The molecule has 0 spiro atoms. The molecule has 1 aliphatic heterocycles. The molecule has 2 aromatic rings. The van der Waals surface area contributed by atoms with Crippen molar-refractivity contribution in [1.29, 1.82) is 0 Å². The van der Waals surface area contributed by atoms with Gasteiger partial charge >= 0.3 is 6.18 Å². The fourth-order valence-electron chi connectivity index (χ4n) is 3.02. The molecule has 0 aromatic carbocycles. The van der Waals surface area contributed by atoms with Gasteiger partial charge in [0.15, 0.2) is 5.69 Å². The number of ether oxygens (including phenoxy) is 1. The van der Waals surface area contributed by atoms with Gasteiger partial charge in [-0.15, -0.1) is 0 Å². The summed E-state index contributed by atoms with van der Waals surface area (Å²) in [7, 11) is 1.45. The number of hydrogen-bond acceptors (Lipinski definition) is 6. The topological polar surface area (TPSA) is 63.0 Å². The number of nitrogens with zero attached hydrogens (tertiary/aromatic N) is 5. The molecule has 1 fully saturated rings. The number of amides is 1. The highest BCUT2D eigenvalue weighted by molar-refractivity contribution is 7.16. The van der Waals surface area contributed by atoms with Gasteiger partial charge in [-0.05, 0) is 5.92 Å². The molecule has 144 valence electrons. The largest absolute Gasteiger partial charge is 0.435 e. The third-order valence-electron chi connectivity index (χ3n) is 3.90. The van der Waals surface area contributed by atoms with Crippen LogP contribution < -0.4 is 0 Å². The minimum atomic E-state index is -4.62. The van der Waals surface area contributed by atoms with Gasteiger partial charge < -0.3 is 9.64 Å². The average molecular weight is 391 g/mol. The Morgan fingerprint density at radius 3 is 2.69 bits per heavy atom. The number of aromatic nitrogens is 3. The second-order valence-electron chi connectivity index (χ2n) is 6.67. The van der Waals surface area contributed by atoms with Gasteiger partial charge in [-0.3, -0.25) is 9.69 Å². The number of halogens is 3. The number of rotatable bonds is 6. The van der Waals surface area contributed by atoms with Crippen LogP contribution in [0.2, 0.25) is 0 Å². The molecule has 11 heteroatoms. The second kappa shape index (κ2) is 7.12. The van der Waals surface area contributed by atoms with Crippen molar-refractivity contribution >= 4 is 22.2 Å². The molecule has 0 radical (unpaired) electrons. The van der Waals surface area contributed by atoms with Gasteiger partial charge in [-0.2, -0.15) is 22.8 Å². The maximum Gasteiger partial charge on any atom is 0.435 e. The number of methoxy groups -OCH3 is 1. The lowest BCUT2D eigenvalue weighted by Gasteiger charge is -2.19. The van der Waals surface area contributed by atoms with Crippen molar-refractivity contribution in [2.45, 2.75) is 33.2 Å². The van der Waals surface area contributed by atoms with E-state index in [1.54, 1.807) is 0 Å². The zero-order chi connectivity index (χ0) is 19.1. The van der Waals surface area contributed by atoms with Gasteiger partial charge in [0.05, 0.1) is 32.1 Å². The molecule has 0 atom stereocenters. The molecule has 0 aliphatic carbocycles. The van der Waals surface area contributed by atoms with E-state index < -0.39 is 11.9 Å². The molecule has 2 aromatic heterocycles. The Balaban J connectivity index is 1.88. The van der Waals surface area contributed by atoms with E-state index >= 15 is 0 Å². The number of imidazole rings is 1. The van der Waals surface area contributed by atoms with Crippen LogP contribution in [0.4, 0.5) is 13.2 Å². The van der Waals surface area contributed by atoms with E-state index in [0.717, 1.165) is 15.9 Å². The maximum atomic E-state index is 13.6. The highest BCUT2D eigenvalue weighted by atomic mass is 32.1. The predicted octanol–water partition coefficient (Wildman–Crippen LogP) is 2.21. The molecule has 1 saturated heterocycles. The number of fused-ring (bicyclic) bond motifs is 1. The highest BCUT2D eigenvalue weighted by Crippen LogP contribution is 2.34. The third kappa shape index (κ3) is 3.84. The first kappa shape index (κ1) is 19.1. The minimum Gasteiger partial charge on any atom is -0.377 e. The smallest absolute Gasteiger partial charge is 0.377 e. The van der Waals surface area contributed by atoms with Crippen LogP contribution in [0.5, 0.6) is 0 Å². The Morgan fingerprint density at radius 1 is 1.35 bits per heavy atom. The zero-order valence-corrected chi connectivity index (χ0v) is 15.5. The molecule has 0 unspecified atom stereocenters. The zero-order valence-electron chi connectivity index (χ0n) is 14.7. The third-order valence-corrected chi connectivity index (χ3v) is 4.78. The van der Waals surface area contributed by atoms with Gasteiger partial charge in [0.25, 0.3) is 0 Å². The van der Waals surface area contributed by atoms with Crippen molar-refractivity contribution < 1.29 is 22.7 Å². The van der Waals surface area contributed by atoms with Crippen molar-refractivity contribution in [2.24, 2.45) is 5.92 Å². The standard InChI is InChI=1S/C15H20F3N5O2S/c1-9(2)4-21-6-12(24)22(8-21)5-10-13(15(16,17)18)23-14(19-10)26-11(20-23)7-25-3/h9H,4-8H2,1-3H3. The summed E-state index contributed by atoms with van der Waals surface area (Å²) in [4.78, 5) is 19.7. The van der Waals surface area contributed by atoms with Gasteiger partial charge in [0.2, 0.25) is 10.9 Å². The van der Waals surface area contributed by atoms with Crippen LogP contribution in [0.1, 0.15) is 30.2 Å². The summed E-state index contributed by atoms with van der Waals surface area (Å²) < 4.78 is 46.5. The van der Waals surface area contributed by atoms with Crippen molar-refractivity contribution in [2.75, 3.05) is 26.9 Å². The lowest BCUT2D eigenvalue weighted by atomic mass is 10.2. The van der Waals surface area contributed by atoms with Crippen molar-refractivity contribution in [3.63, 3.8) is 0 Å². The van der Waals surface area contributed by atoms with E-state index in [-0.39, 0.29) is 36.3 Å². The van der Waals surface area contributed by atoms with Crippen LogP contribution in [-0.2, 0) is 28.9 Å². The molecule has 1 amide bonds. The Labute approximate surface area is 152 Å². The fourth-order valence-corrected chi connectivity index (χ4v) is 3.91. The SMILES string of the molecule is COCc1nn2c(C(F)(F)F)c(CN3CN(CC(C)C)CC3=O)nc2s1. The molecular weight excluding hydrogens is 371 g/mol. The Bertz CT molecular complexity index is 801. The first-order valence-electron chi connectivity index (χ1n) is 8.12. The Kier molecular flexibility index (Phi) is 5.22. The summed E-state index contributed by atoms with van der Waals surface area (Å²) in [6, 6.07) is 0. The van der Waals surface area contributed by atoms with Gasteiger partial charge in [0, 0.05) is 13.7 Å². The van der Waals surface area contributed by atoms with Crippen LogP contribution in [0, 0.1) is 5.92 Å². The van der Waals surface area contributed by atoms with Gasteiger partial charge in [-0.25, -0.2) is 4.98 Å². The molecule has 3 rings (SSSR count). The highest BCUT2D eigenvalue weighted by Gasteiger charge is 2.41. The van der Waals surface area contributed by atoms with Gasteiger partial charge in [0.1, 0.15) is 5.01 Å². The first-order chi connectivity index (χ1) is 12.2. The van der Waals surface area contributed by atoms with Crippen LogP contribution in [0.25, 0.3) is 4.96 Å². The van der Waals surface area contributed by atoms with Crippen LogP contribution in [0.3, 0.4) is 0 Å².